The highest BCUT2D eigenvalue weighted by Gasteiger charge is 2.04. The predicted molar refractivity (Wildman–Crippen MR) is 110 cm³/mol. The van der Waals surface area contributed by atoms with E-state index in [0.29, 0.717) is 6.04 Å². The molecule has 6 heteroatoms. The van der Waals surface area contributed by atoms with Gasteiger partial charge in [-0.3, -0.25) is 4.99 Å². The standard InChI is InChI=1S/C17H33N5.HI/c1-5-6-7-10-15(2)21-17(18-4)20-11-8-9-13-22-14-12-19-16(22)3;/h12,14-15H,5-11,13H2,1-4H3,(H2,18,20,21);1H. The van der Waals surface area contributed by atoms with E-state index in [0.717, 1.165) is 37.7 Å². The molecule has 0 spiro atoms. The summed E-state index contributed by atoms with van der Waals surface area (Å²) in [6.45, 7) is 8.50. The normalized spacial score (nSPS) is 12.6. The van der Waals surface area contributed by atoms with E-state index < -0.39 is 0 Å². The quantitative estimate of drug-likeness (QED) is 0.255. The van der Waals surface area contributed by atoms with E-state index in [-0.39, 0.29) is 24.0 Å². The van der Waals surface area contributed by atoms with Crippen LogP contribution in [0.1, 0.15) is 58.2 Å². The summed E-state index contributed by atoms with van der Waals surface area (Å²) >= 11 is 0. The second kappa shape index (κ2) is 13.6. The van der Waals surface area contributed by atoms with Gasteiger partial charge >= 0.3 is 0 Å². The average Bonchev–Trinajstić information content (AvgIpc) is 2.91. The molecule has 0 bridgehead atoms. The van der Waals surface area contributed by atoms with Crippen molar-refractivity contribution in [3.8, 4) is 0 Å². The second-order valence-corrected chi connectivity index (χ2v) is 5.92. The largest absolute Gasteiger partial charge is 0.356 e. The predicted octanol–water partition coefficient (Wildman–Crippen LogP) is 3.72. The van der Waals surface area contributed by atoms with Gasteiger partial charge in [-0.15, -0.1) is 24.0 Å². The molecule has 0 aliphatic heterocycles. The van der Waals surface area contributed by atoms with E-state index in [2.05, 4.69) is 39.0 Å². The number of imidazole rings is 1. The molecule has 0 fully saturated rings. The Morgan fingerprint density at radius 1 is 1.30 bits per heavy atom. The van der Waals surface area contributed by atoms with E-state index in [9.17, 15) is 0 Å². The smallest absolute Gasteiger partial charge is 0.191 e. The lowest BCUT2D eigenvalue weighted by Gasteiger charge is -2.17. The van der Waals surface area contributed by atoms with Crippen LogP contribution in [-0.4, -0.2) is 35.1 Å². The van der Waals surface area contributed by atoms with Crippen LogP contribution in [0.3, 0.4) is 0 Å². The topological polar surface area (TPSA) is 54.2 Å². The number of aromatic nitrogens is 2. The van der Waals surface area contributed by atoms with Crippen molar-refractivity contribution in [2.75, 3.05) is 13.6 Å². The van der Waals surface area contributed by atoms with Crippen molar-refractivity contribution in [1.82, 2.24) is 20.2 Å². The van der Waals surface area contributed by atoms with Crippen LogP contribution in [-0.2, 0) is 6.54 Å². The van der Waals surface area contributed by atoms with Gasteiger partial charge < -0.3 is 15.2 Å². The monoisotopic (exact) mass is 435 g/mol. The number of unbranched alkanes of at least 4 members (excludes halogenated alkanes) is 3. The molecule has 23 heavy (non-hydrogen) atoms. The number of nitrogens with one attached hydrogen (secondary N) is 2. The third kappa shape index (κ3) is 9.84. The lowest BCUT2D eigenvalue weighted by atomic mass is 10.1. The summed E-state index contributed by atoms with van der Waals surface area (Å²) in [5.74, 6) is 2.01. The first-order valence-corrected chi connectivity index (χ1v) is 8.62. The summed E-state index contributed by atoms with van der Waals surface area (Å²) in [5, 5.41) is 6.86. The molecule has 0 aromatic carbocycles. The minimum Gasteiger partial charge on any atom is -0.356 e. The molecule has 2 N–H and O–H groups in total. The van der Waals surface area contributed by atoms with Gasteiger partial charge in [0.1, 0.15) is 5.82 Å². The Kier molecular flexibility index (Phi) is 13.2. The Morgan fingerprint density at radius 3 is 2.70 bits per heavy atom. The van der Waals surface area contributed by atoms with Crippen molar-refractivity contribution in [1.29, 1.82) is 0 Å². The maximum absolute atomic E-state index is 4.30. The maximum Gasteiger partial charge on any atom is 0.191 e. The van der Waals surface area contributed by atoms with Crippen LogP contribution in [0.25, 0.3) is 0 Å². The fourth-order valence-electron chi connectivity index (χ4n) is 2.45. The molecule has 0 saturated heterocycles. The Hall–Kier alpha value is -0.790. The molecular weight excluding hydrogens is 401 g/mol. The highest BCUT2D eigenvalue weighted by Crippen LogP contribution is 2.02. The minimum absolute atomic E-state index is 0. The fourth-order valence-corrected chi connectivity index (χ4v) is 2.45. The van der Waals surface area contributed by atoms with Crippen molar-refractivity contribution in [3.63, 3.8) is 0 Å². The van der Waals surface area contributed by atoms with Crippen LogP contribution >= 0.6 is 24.0 Å². The van der Waals surface area contributed by atoms with E-state index in [1.165, 1.54) is 25.7 Å². The van der Waals surface area contributed by atoms with Gasteiger partial charge in [0.05, 0.1) is 0 Å². The van der Waals surface area contributed by atoms with E-state index in [1.54, 1.807) is 0 Å². The maximum atomic E-state index is 4.30. The number of nitrogens with zero attached hydrogens (tertiary/aromatic N) is 3. The fraction of sp³-hybridized carbons (Fsp3) is 0.765. The lowest BCUT2D eigenvalue weighted by Crippen LogP contribution is -2.42. The number of hydrogen-bond acceptors (Lipinski definition) is 2. The third-order valence-corrected chi connectivity index (χ3v) is 3.89. The summed E-state index contributed by atoms with van der Waals surface area (Å²) in [6, 6.07) is 0.478. The molecule has 0 aliphatic rings. The van der Waals surface area contributed by atoms with Crippen molar-refractivity contribution in [2.24, 2.45) is 4.99 Å². The number of rotatable bonds is 10. The van der Waals surface area contributed by atoms with Crippen LogP contribution in [0, 0.1) is 6.92 Å². The molecule has 1 atom stereocenters. The molecule has 134 valence electrons. The van der Waals surface area contributed by atoms with E-state index in [4.69, 9.17) is 0 Å². The lowest BCUT2D eigenvalue weighted by molar-refractivity contribution is 0.542. The summed E-state index contributed by atoms with van der Waals surface area (Å²) in [7, 11) is 1.84. The average molecular weight is 435 g/mol. The molecule has 0 saturated carbocycles. The van der Waals surface area contributed by atoms with Crippen LogP contribution in [0.15, 0.2) is 17.4 Å². The first kappa shape index (κ1) is 22.2. The van der Waals surface area contributed by atoms with Gasteiger partial charge in [-0.05, 0) is 33.1 Å². The third-order valence-electron chi connectivity index (χ3n) is 3.89. The van der Waals surface area contributed by atoms with Crippen LogP contribution in [0.4, 0.5) is 0 Å². The van der Waals surface area contributed by atoms with Crippen molar-refractivity contribution in [3.05, 3.63) is 18.2 Å². The summed E-state index contributed by atoms with van der Waals surface area (Å²) in [4.78, 5) is 8.54. The summed E-state index contributed by atoms with van der Waals surface area (Å²) in [6.07, 6.45) is 11.2. The molecule has 0 radical (unpaired) electrons. The molecular formula is C17H34IN5. The van der Waals surface area contributed by atoms with Crippen molar-refractivity contribution >= 4 is 29.9 Å². The Morgan fingerprint density at radius 2 is 2.09 bits per heavy atom. The zero-order valence-corrected chi connectivity index (χ0v) is 17.5. The first-order chi connectivity index (χ1) is 10.7. The molecule has 0 amide bonds. The van der Waals surface area contributed by atoms with Crippen LogP contribution in [0.5, 0.6) is 0 Å². The zero-order valence-electron chi connectivity index (χ0n) is 15.1. The molecule has 1 aromatic rings. The van der Waals surface area contributed by atoms with Gasteiger partial charge in [-0.25, -0.2) is 4.98 Å². The Bertz CT molecular complexity index is 430. The van der Waals surface area contributed by atoms with Crippen LogP contribution in [0.2, 0.25) is 0 Å². The molecule has 1 aromatic heterocycles. The van der Waals surface area contributed by atoms with Crippen molar-refractivity contribution in [2.45, 2.75) is 71.9 Å². The van der Waals surface area contributed by atoms with Gasteiger partial charge in [-0.1, -0.05) is 26.2 Å². The van der Waals surface area contributed by atoms with Gasteiger partial charge in [0.15, 0.2) is 5.96 Å². The summed E-state index contributed by atoms with van der Waals surface area (Å²) < 4.78 is 2.20. The number of guanidine groups is 1. The SMILES string of the molecule is CCCCCC(C)NC(=NC)NCCCCn1ccnc1C.I. The Balaban J connectivity index is 0.00000484. The van der Waals surface area contributed by atoms with Gasteiger partial charge in [0.2, 0.25) is 0 Å². The van der Waals surface area contributed by atoms with Gasteiger partial charge in [-0.2, -0.15) is 0 Å². The second-order valence-electron chi connectivity index (χ2n) is 5.92. The highest BCUT2D eigenvalue weighted by molar-refractivity contribution is 14.0. The van der Waals surface area contributed by atoms with Gasteiger partial charge in [0.25, 0.3) is 0 Å². The molecule has 0 aliphatic carbocycles. The number of halogens is 1. The van der Waals surface area contributed by atoms with E-state index in [1.807, 2.05) is 26.4 Å². The number of hydrogen-bond donors (Lipinski definition) is 2. The highest BCUT2D eigenvalue weighted by atomic mass is 127. The van der Waals surface area contributed by atoms with Crippen molar-refractivity contribution < 1.29 is 0 Å². The molecule has 1 unspecified atom stereocenters. The van der Waals surface area contributed by atoms with Crippen LogP contribution < -0.4 is 10.6 Å². The molecule has 5 nitrogen and oxygen atoms in total. The van der Waals surface area contributed by atoms with E-state index >= 15 is 0 Å². The van der Waals surface area contributed by atoms with Gasteiger partial charge in [0, 0.05) is 38.6 Å². The Labute approximate surface area is 158 Å². The summed E-state index contributed by atoms with van der Waals surface area (Å²) in [5.41, 5.74) is 0. The minimum atomic E-state index is 0. The number of aryl methyl sites for hydroxylation is 2. The first-order valence-electron chi connectivity index (χ1n) is 8.62. The number of aliphatic imine (C=N–C) groups is 1. The molecule has 1 rings (SSSR count). The molecule has 1 heterocycles. The zero-order chi connectivity index (χ0) is 16.2.